The van der Waals surface area contributed by atoms with Gasteiger partial charge in [-0.1, -0.05) is 56.4 Å². The number of benzene rings is 1. The van der Waals surface area contributed by atoms with Gasteiger partial charge in [-0.3, -0.25) is 4.79 Å². The maximum absolute atomic E-state index is 12.6. The van der Waals surface area contributed by atoms with Crippen molar-refractivity contribution >= 4 is 36.3 Å². The number of rotatable bonds is 9. The molecule has 1 aliphatic heterocycles. The van der Waals surface area contributed by atoms with E-state index < -0.39 is 7.12 Å². The van der Waals surface area contributed by atoms with E-state index in [0.29, 0.717) is 18.9 Å². The fraction of sp³-hybridized carbons (Fsp3) is 0.688. The van der Waals surface area contributed by atoms with E-state index in [9.17, 15) is 9.59 Å². The van der Waals surface area contributed by atoms with Gasteiger partial charge in [-0.05, 0) is 70.2 Å². The normalized spacial score (nSPS) is 21.5. The molecule has 10 heteroatoms. The van der Waals surface area contributed by atoms with Crippen LogP contribution < -0.4 is 10.8 Å². The van der Waals surface area contributed by atoms with E-state index in [1.807, 2.05) is 58.2 Å². The Morgan fingerprint density at radius 2 is 1.55 bits per heavy atom. The van der Waals surface area contributed by atoms with Crippen molar-refractivity contribution in [3.63, 3.8) is 0 Å². The van der Waals surface area contributed by atoms with Crippen LogP contribution in [0, 0.1) is 20.8 Å². The predicted octanol–water partition coefficient (Wildman–Crippen LogP) is 6.44. The maximum Gasteiger partial charge on any atom is 2.00 e. The molecule has 42 heavy (non-hydrogen) atoms. The minimum absolute atomic E-state index is 0. The molecule has 0 aromatic heterocycles. The van der Waals surface area contributed by atoms with Crippen LogP contribution in [0.5, 0.6) is 0 Å². The summed E-state index contributed by atoms with van der Waals surface area (Å²) in [4.78, 5) is 26.1. The van der Waals surface area contributed by atoms with Gasteiger partial charge in [0, 0.05) is 31.8 Å². The molecule has 3 fully saturated rings. The molecule has 3 aliphatic rings. The van der Waals surface area contributed by atoms with Crippen LogP contribution in [0.25, 0.3) is 0 Å². The van der Waals surface area contributed by atoms with Gasteiger partial charge in [-0.25, -0.2) is 4.79 Å². The molecule has 2 saturated carbocycles. The molecule has 0 spiro atoms. The molecule has 2 amide bonds. The Morgan fingerprint density at radius 1 is 1.00 bits per heavy atom. The van der Waals surface area contributed by atoms with Crippen LogP contribution in [-0.4, -0.2) is 66.9 Å². The second kappa shape index (κ2) is 19.3. The van der Waals surface area contributed by atoms with Crippen LogP contribution in [0.1, 0.15) is 91.0 Å². The minimum Gasteiger partial charge on any atom is -0.445 e. The van der Waals surface area contributed by atoms with Crippen LogP contribution >= 0.6 is 11.8 Å². The Balaban J connectivity index is 0.00000190. The molecule has 2 atom stereocenters. The topological polar surface area (TPSA) is 77.1 Å². The molecular formula is C32H55BFeN2O5S. The number of thioether (sulfide) groups is 1. The third-order valence-electron chi connectivity index (χ3n) is 8.59. The number of carbonyl (C=O) groups is 2. The number of hydrogen-bond donors (Lipinski definition) is 1. The van der Waals surface area contributed by atoms with Crippen LogP contribution in [0.3, 0.4) is 0 Å². The van der Waals surface area contributed by atoms with Crippen molar-refractivity contribution in [2.24, 2.45) is 5.92 Å². The fourth-order valence-corrected chi connectivity index (χ4v) is 5.55. The molecular weight excluding hydrogens is 591 g/mol. The second-order valence-electron chi connectivity index (χ2n) is 12.1. The molecule has 1 aromatic rings. The first-order chi connectivity index (χ1) is 18.5. The third-order valence-corrected chi connectivity index (χ3v) is 9.20. The monoisotopic (exact) mass is 646 g/mol. The van der Waals surface area contributed by atoms with E-state index in [1.54, 1.807) is 23.7 Å². The van der Waals surface area contributed by atoms with Crippen molar-refractivity contribution in [1.29, 1.82) is 0 Å². The standard InChI is InChI=1S/C25H39BN2O5S.C5H10.2CH3.Fe/c1-24(2)25(3,4)33-26(32-24)20-10-7-18(8-11-20)17-31-23(30)28(5)21-12-9-19(15-21)16-27-22(29)13-14-34-6;1-2-4-5-3-1;;;/h7-8,10-11,19,21H,9,12-17H2,1-6H3,(H,27,29);1-5H2;2*1H3;/q;;2*-1;+2. The van der Waals surface area contributed by atoms with Crippen molar-refractivity contribution < 1.29 is 40.7 Å². The zero-order valence-corrected chi connectivity index (χ0v) is 29.2. The van der Waals surface area contributed by atoms with Crippen molar-refractivity contribution in [3.05, 3.63) is 44.7 Å². The molecule has 1 N–H and O–H groups in total. The summed E-state index contributed by atoms with van der Waals surface area (Å²) in [6.45, 7) is 9.04. The summed E-state index contributed by atoms with van der Waals surface area (Å²) in [6.07, 6.45) is 12.6. The van der Waals surface area contributed by atoms with Crippen LogP contribution in [0.2, 0.25) is 0 Å². The molecule has 1 heterocycles. The Morgan fingerprint density at radius 3 is 2.07 bits per heavy atom. The van der Waals surface area contributed by atoms with Crippen molar-refractivity contribution in [3.8, 4) is 0 Å². The molecule has 0 bridgehead atoms. The maximum atomic E-state index is 12.6. The molecule has 240 valence electrons. The average molecular weight is 647 g/mol. The number of nitrogens with one attached hydrogen (secondary N) is 1. The summed E-state index contributed by atoms with van der Waals surface area (Å²) in [5.74, 6) is 1.35. The third kappa shape index (κ3) is 12.1. The number of nitrogens with zero attached hydrogens (tertiary/aromatic N) is 1. The van der Waals surface area contributed by atoms with Crippen LogP contribution in [0.4, 0.5) is 4.79 Å². The van der Waals surface area contributed by atoms with E-state index in [-0.39, 0.29) is 67.8 Å². The van der Waals surface area contributed by atoms with Crippen molar-refractivity contribution in [1.82, 2.24) is 10.2 Å². The van der Waals surface area contributed by atoms with E-state index in [2.05, 4.69) is 5.32 Å². The second-order valence-corrected chi connectivity index (χ2v) is 13.1. The summed E-state index contributed by atoms with van der Waals surface area (Å²) in [5.41, 5.74) is 1.10. The number of ether oxygens (including phenoxy) is 1. The molecule has 0 radical (unpaired) electrons. The van der Waals surface area contributed by atoms with Gasteiger partial charge in [0.25, 0.3) is 0 Å². The summed E-state index contributed by atoms with van der Waals surface area (Å²) in [5, 5.41) is 3.02. The van der Waals surface area contributed by atoms with Gasteiger partial charge in [0.1, 0.15) is 6.61 Å². The summed E-state index contributed by atoms with van der Waals surface area (Å²) >= 11 is 1.67. The number of carbonyl (C=O) groups excluding carboxylic acids is 2. The zero-order valence-electron chi connectivity index (χ0n) is 27.3. The van der Waals surface area contributed by atoms with Gasteiger partial charge in [0.15, 0.2) is 0 Å². The molecule has 1 saturated heterocycles. The van der Waals surface area contributed by atoms with Crippen molar-refractivity contribution in [2.45, 2.75) is 109 Å². The van der Waals surface area contributed by atoms with Gasteiger partial charge in [0.2, 0.25) is 5.91 Å². The summed E-state index contributed by atoms with van der Waals surface area (Å²) in [6, 6.07) is 7.96. The van der Waals surface area contributed by atoms with E-state index in [1.165, 1.54) is 32.1 Å². The Kier molecular flexibility index (Phi) is 18.7. The SMILES string of the molecule is C1CCCC1.CSCCC(=O)NCC1CCC(N(C)C(=O)OCc2ccc(B3OC(C)(C)C(C)(C)O3)cc2)C1.[CH3-].[CH3-].[Fe+2]. The van der Waals surface area contributed by atoms with Crippen molar-refractivity contribution in [2.75, 3.05) is 25.6 Å². The smallest absolute Gasteiger partial charge is 0.445 e. The first-order valence-electron chi connectivity index (χ1n) is 14.6. The van der Waals surface area contributed by atoms with Gasteiger partial charge in [-0.2, -0.15) is 11.8 Å². The van der Waals surface area contributed by atoms with Crippen LogP contribution in [0.15, 0.2) is 24.3 Å². The first-order valence-corrected chi connectivity index (χ1v) is 16.0. The number of amides is 2. The largest absolute Gasteiger partial charge is 2.00 e. The molecule has 2 aliphatic carbocycles. The minimum atomic E-state index is -0.404. The van der Waals surface area contributed by atoms with E-state index in [0.717, 1.165) is 36.0 Å². The molecule has 7 nitrogen and oxygen atoms in total. The van der Waals surface area contributed by atoms with E-state index in [4.69, 9.17) is 14.0 Å². The van der Waals surface area contributed by atoms with E-state index >= 15 is 0 Å². The van der Waals surface area contributed by atoms with Crippen LogP contribution in [-0.2, 0) is 42.5 Å². The van der Waals surface area contributed by atoms with Gasteiger partial charge in [0.05, 0.1) is 11.2 Å². The Bertz CT molecular complexity index is 906. The number of hydrogen-bond acceptors (Lipinski definition) is 6. The first kappa shape index (κ1) is 40.8. The van der Waals surface area contributed by atoms with Gasteiger partial charge < -0.3 is 39.1 Å². The molecule has 4 rings (SSSR count). The van der Waals surface area contributed by atoms with Gasteiger partial charge in [-0.15, -0.1) is 0 Å². The summed E-state index contributed by atoms with van der Waals surface area (Å²) in [7, 11) is 1.40. The zero-order chi connectivity index (χ0) is 28.5. The van der Waals surface area contributed by atoms with Gasteiger partial charge >= 0.3 is 30.3 Å². The average Bonchev–Trinajstić information content (AvgIpc) is 3.67. The molecule has 1 aromatic carbocycles. The quantitative estimate of drug-likeness (QED) is 0.246. The summed E-state index contributed by atoms with van der Waals surface area (Å²) < 4.78 is 17.8. The Labute approximate surface area is 272 Å². The fourth-order valence-electron chi connectivity index (χ4n) is 5.16. The predicted molar refractivity (Wildman–Crippen MR) is 173 cm³/mol. The Hall–Kier alpha value is -1.19. The molecule has 2 unspecified atom stereocenters.